The second-order valence-electron chi connectivity index (χ2n) is 7.81. The Morgan fingerprint density at radius 1 is 1.22 bits per heavy atom. The molecule has 0 spiro atoms. The standard InChI is InChI=1S/C24H22F3N7O3/c1-3-4-11-37-17-8-5-15(6-9-17)30-23-21(14(2)18(13-28)22(29)31-23)33-32-20-10-7-16(34(35)36)12-19(20)24(25,26)27/h5-10,12H,3-4,11H2,1-2H3,(H3,29,30,31)/b33-32+. The molecule has 0 aliphatic heterocycles. The number of pyridine rings is 1. The van der Waals surface area contributed by atoms with Crippen LogP contribution in [0.15, 0.2) is 52.7 Å². The average molecular weight is 513 g/mol. The lowest BCUT2D eigenvalue weighted by Gasteiger charge is -2.14. The van der Waals surface area contributed by atoms with Crippen LogP contribution in [-0.2, 0) is 6.18 Å². The van der Waals surface area contributed by atoms with Crippen LogP contribution in [0.2, 0.25) is 0 Å². The Hall–Kier alpha value is -4.73. The number of nitrogen functional groups attached to an aromatic ring is 1. The van der Waals surface area contributed by atoms with E-state index in [1.807, 2.05) is 6.07 Å². The molecule has 0 saturated carbocycles. The molecule has 0 unspecified atom stereocenters. The zero-order valence-corrected chi connectivity index (χ0v) is 19.8. The van der Waals surface area contributed by atoms with Gasteiger partial charge in [-0.15, -0.1) is 10.2 Å². The number of halogens is 3. The van der Waals surface area contributed by atoms with Crippen molar-refractivity contribution < 1.29 is 22.8 Å². The molecule has 0 aliphatic carbocycles. The molecule has 2 aromatic carbocycles. The van der Waals surface area contributed by atoms with Gasteiger partial charge in [0.2, 0.25) is 0 Å². The van der Waals surface area contributed by atoms with Gasteiger partial charge in [-0.05, 0) is 43.7 Å². The number of non-ortho nitro benzene ring substituents is 1. The topological polar surface area (TPSA) is 152 Å². The van der Waals surface area contributed by atoms with Crippen molar-refractivity contribution in [2.24, 2.45) is 10.2 Å². The van der Waals surface area contributed by atoms with Crippen LogP contribution in [-0.4, -0.2) is 16.5 Å². The molecule has 13 heteroatoms. The van der Waals surface area contributed by atoms with Crippen molar-refractivity contribution in [1.29, 1.82) is 5.26 Å². The van der Waals surface area contributed by atoms with E-state index in [-0.39, 0.29) is 28.5 Å². The Bertz CT molecular complexity index is 1370. The summed E-state index contributed by atoms with van der Waals surface area (Å²) in [5, 5.41) is 31.0. The van der Waals surface area contributed by atoms with Crippen molar-refractivity contribution in [3.8, 4) is 11.8 Å². The molecular formula is C24H22F3N7O3. The number of nitro benzene ring substituents is 1. The fraction of sp³-hybridized carbons (Fsp3) is 0.250. The number of hydrogen-bond acceptors (Lipinski definition) is 9. The minimum absolute atomic E-state index is 0.0149. The first-order chi connectivity index (χ1) is 17.5. The monoisotopic (exact) mass is 513 g/mol. The molecule has 3 N–H and O–H groups in total. The van der Waals surface area contributed by atoms with Crippen LogP contribution in [0.25, 0.3) is 0 Å². The van der Waals surface area contributed by atoms with E-state index in [0.717, 1.165) is 25.0 Å². The highest BCUT2D eigenvalue weighted by molar-refractivity contribution is 5.77. The van der Waals surface area contributed by atoms with Crippen LogP contribution in [0.3, 0.4) is 0 Å². The Morgan fingerprint density at radius 2 is 1.92 bits per heavy atom. The van der Waals surface area contributed by atoms with Crippen molar-refractivity contribution >= 4 is 34.4 Å². The first-order valence-electron chi connectivity index (χ1n) is 11.0. The lowest BCUT2D eigenvalue weighted by molar-refractivity contribution is -0.385. The van der Waals surface area contributed by atoms with E-state index in [0.29, 0.717) is 24.1 Å². The Kier molecular flexibility index (Phi) is 8.23. The number of ether oxygens (including phenoxy) is 1. The quantitative estimate of drug-likeness (QED) is 0.134. The molecule has 3 rings (SSSR count). The van der Waals surface area contributed by atoms with E-state index < -0.39 is 28.0 Å². The van der Waals surface area contributed by atoms with Gasteiger partial charge in [0.05, 0.1) is 28.3 Å². The number of nitro groups is 1. The minimum atomic E-state index is -4.92. The number of unbranched alkanes of at least 4 members (excludes halogenated alkanes) is 1. The Morgan fingerprint density at radius 3 is 2.51 bits per heavy atom. The SMILES string of the molecule is CCCCOc1ccc(Nc2nc(N)c(C#N)c(C)c2/N=N/c2ccc([N+](=O)[O-])cc2C(F)(F)F)cc1. The highest BCUT2D eigenvalue weighted by atomic mass is 19.4. The summed E-state index contributed by atoms with van der Waals surface area (Å²) in [6.45, 7) is 4.12. The summed E-state index contributed by atoms with van der Waals surface area (Å²) < 4.78 is 46.3. The molecular weight excluding hydrogens is 491 g/mol. The van der Waals surface area contributed by atoms with Crippen molar-refractivity contribution in [3.63, 3.8) is 0 Å². The zero-order chi connectivity index (χ0) is 27.2. The molecule has 0 fully saturated rings. The van der Waals surface area contributed by atoms with E-state index >= 15 is 0 Å². The molecule has 3 aromatic rings. The number of azo groups is 1. The molecule has 192 valence electrons. The van der Waals surface area contributed by atoms with Gasteiger partial charge in [0, 0.05) is 23.4 Å². The summed E-state index contributed by atoms with van der Waals surface area (Å²) in [6.07, 6.45) is -3.02. The maximum Gasteiger partial charge on any atom is 0.418 e. The van der Waals surface area contributed by atoms with Crippen LogP contribution in [0, 0.1) is 28.4 Å². The third-order valence-corrected chi connectivity index (χ3v) is 5.19. The fourth-order valence-electron chi connectivity index (χ4n) is 3.23. The van der Waals surface area contributed by atoms with Gasteiger partial charge >= 0.3 is 6.18 Å². The number of benzene rings is 2. The second kappa shape index (κ2) is 11.3. The summed E-state index contributed by atoms with van der Waals surface area (Å²) in [5.41, 5.74) is 3.91. The number of nitrogens with one attached hydrogen (secondary N) is 1. The predicted molar refractivity (Wildman–Crippen MR) is 131 cm³/mol. The third kappa shape index (κ3) is 6.49. The van der Waals surface area contributed by atoms with Crippen LogP contribution < -0.4 is 15.8 Å². The van der Waals surface area contributed by atoms with Crippen LogP contribution in [0.1, 0.15) is 36.5 Å². The van der Waals surface area contributed by atoms with Crippen molar-refractivity contribution in [2.45, 2.75) is 32.9 Å². The van der Waals surface area contributed by atoms with Crippen LogP contribution in [0.4, 0.5) is 47.6 Å². The third-order valence-electron chi connectivity index (χ3n) is 5.19. The number of aromatic nitrogens is 1. The molecule has 0 saturated heterocycles. The molecule has 0 bridgehead atoms. The number of rotatable bonds is 9. The summed E-state index contributed by atoms with van der Waals surface area (Å²) in [6, 6.07) is 10.9. The van der Waals surface area contributed by atoms with E-state index in [9.17, 15) is 28.5 Å². The highest BCUT2D eigenvalue weighted by Gasteiger charge is 2.35. The van der Waals surface area contributed by atoms with Gasteiger partial charge in [0.15, 0.2) is 5.82 Å². The maximum atomic E-state index is 13.5. The number of anilines is 3. The predicted octanol–water partition coefficient (Wildman–Crippen LogP) is 7.11. The van der Waals surface area contributed by atoms with Crippen molar-refractivity contribution in [2.75, 3.05) is 17.7 Å². The van der Waals surface area contributed by atoms with E-state index in [2.05, 4.69) is 27.5 Å². The fourth-order valence-corrected chi connectivity index (χ4v) is 3.23. The molecule has 0 atom stereocenters. The van der Waals surface area contributed by atoms with Crippen molar-refractivity contribution in [1.82, 2.24) is 4.98 Å². The molecule has 1 heterocycles. The molecule has 1 aromatic heterocycles. The smallest absolute Gasteiger partial charge is 0.418 e. The van der Waals surface area contributed by atoms with Gasteiger partial charge < -0.3 is 15.8 Å². The van der Waals surface area contributed by atoms with Gasteiger partial charge in [-0.1, -0.05) is 13.3 Å². The molecule has 0 aliphatic rings. The molecule has 10 nitrogen and oxygen atoms in total. The van der Waals surface area contributed by atoms with E-state index in [1.54, 1.807) is 24.3 Å². The first-order valence-corrected chi connectivity index (χ1v) is 11.0. The molecule has 0 radical (unpaired) electrons. The summed E-state index contributed by atoms with van der Waals surface area (Å²) >= 11 is 0. The largest absolute Gasteiger partial charge is 0.494 e. The molecule has 37 heavy (non-hydrogen) atoms. The van der Waals surface area contributed by atoms with E-state index in [4.69, 9.17) is 10.5 Å². The first kappa shape index (κ1) is 26.9. The lowest BCUT2D eigenvalue weighted by atomic mass is 10.1. The van der Waals surface area contributed by atoms with E-state index in [1.165, 1.54) is 6.92 Å². The summed E-state index contributed by atoms with van der Waals surface area (Å²) in [5.74, 6) is 0.598. The zero-order valence-electron chi connectivity index (χ0n) is 19.8. The average Bonchev–Trinajstić information content (AvgIpc) is 2.84. The number of hydrogen-bond donors (Lipinski definition) is 2. The maximum absolute atomic E-state index is 13.5. The van der Waals surface area contributed by atoms with Crippen LogP contribution in [0.5, 0.6) is 5.75 Å². The Balaban J connectivity index is 2.02. The van der Waals surface area contributed by atoms with Crippen molar-refractivity contribution in [3.05, 3.63) is 69.3 Å². The normalized spacial score (nSPS) is 11.4. The highest BCUT2D eigenvalue weighted by Crippen LogP contribution is 2.41. The number of nitriles is 1. The lowest BCUT2D eigenvalue weighted by Crippen LogP contribution is -2.06. The number of nitrogens with zero attached hydrogens (tertiary/aromatic N) is 5. The number of nitrogens with two attached hydrogens (primary N) is 1. The van der Waals surface area contributed by atoms with Gasteiger partial charge in [0.25, 0.3) is 5.69 Å². The van der Waals surface area contributed by atoms with Gasteiger partial charge in [-0.3, -0.25) is 10.1 Å². The summed E-state index contributed by atoms with van der Waals surface area (Å²) in [4.78, 5) is 14.2. The second-order valence-corrected chi connectivity index (χ2v) is 7.81. The van der Waals surface area contributed by atoms with Gasteiger partial charge in [-0.25, -0.2) is 4.98 Å². The van der Waals surface area contributed by atoms with Gasteiger partial charge in [0.1, 0.15) is 23.3 Å². The van der Waals surface area contributed by atoms with Gasteiger partial charge in [-0.2, -0.15) is 18.4 Å². The Labute approximate surface area is 209 Å². The minimum Gasteiger partial charge on any atom is -0.494 e. The van der Waals surface area contributed by atoms with Crippen LogP contribution >= 0.6 is 0 Å². The summed E-state index contributed by atoms with van der Waals surface area (Å²) in [7, 11) is 0. The molecule has 0 amide bonds. The number of alkyl halides is 3.